The van der Waals surface area contributed by atoms with Gasteiger partial charge in [-0.25, -0.2) is 0 Å². The molecule has 0 atom stereocenters. The first kappa shape index (κ1) is 14.5. The molecule has 0 saturated heterocycles. The predicted molar refractivity (Wildman–Crippen MR) is 89.3 cm³/mol. The third kappa shape index (κ3) is 2.58. The van der Waals surface area contributed by atoms with Crippen LogP contribution in [0, 0.1) is 0 Å². The molecule has 4 rings (SSSR count). The Labute approximate surface area is 141 Å². The molecule has 3 aromatic rings. The van der Waals surface area contributed by atoms with E-state index in [1.165, 1.54) is 4.52 Å². The van der Waals surface area contributed by atoms with Gasteiger partial charge in [0.05, 0.1) is 10.0 Å². The van der Waals surface area contributed by atoms with E-state index < -0.39 is 0 Å². The van der Waals surface area contributed by atoms with Crippen LogP contribution in [0.15, 0.2) is 23.0 Å². The minimum Gasteiger partial charge on any atom is -0.366 e. The van der Waals surface area contributed by atoms with Crippen LogP contribution in [0.4, 0.5) is 5.95 Å². The number of nitrogens with one attached hydrogen (secondary N) is 1. The predicted octanol–water partition coefficient (Wildman–Crippen LogP) is 2.77. The zero-order valence-corrected chi connectivity index (χ0v) is 13.5. The molecule has 118 valence electrons. The highest BCUT2D eigenvalue weighted by Gasteiger charge is 2.29. The van der Waals surface area contributed by atoms with Crippen LogP contribution >= 0.6 is 23.2 Å². The molecule has 0 amide bonds. The van der Waals surface area contributed by atoms with E-state index in [2.05, 4.69) is 15.1 Å². The lowest BCUT2D eigenvalue weighted by molar-refractivity contribution is 0.839. The Balaban J connectivity index is 1.87. The van der Waals surface area contributed by atoms with Crippen LogP contribution in [0.2, 0.25) is 10.0 Å². The molecular weight excluding hydrogens is 337 g/mol. The van der Waals surface area contributed by atoms with Gasteiger partial charge < -0.3 is 10.7 Å². The highest BCUT2D eigenvalue weighted by Crippen LogP contribution is 2.40. The van der Waals surface area contributed by atoms with Crippen LogP contribution in [0.3, 0.4) is 0 Å². The second-order valence-electron chi connectivity index (χ2n) is 5.73. The summed E-state index contributed by atoms with van der Waals surface area (Å²) in [6, 6.07) is 5.38. The molecule has 1 fully saturated rings. The number of nitrogens with two attached hydrogens (primary N) is 1. The number of nitrogen functional groups attached to an aromatic ring is 1. The summed E-state index contributed by atoms with van der Waals surface area (Å²) in [4.78, 5) is 20.0. The average molecular weight is 350 g/mol. The van der Waals surface area contributed by atoms with Crippen LogP contribution in [0.1, 0.15) is 35.6 Å². The normalized spacial score (nSPS) is 14.5. The number of fused-ring (bicyclic) bond motifs is 1. The largest absolute Gasteiger partial charge is 0.366 e. The molecular formula is C15H13Cl2N5O. The molecule has 6 nitrogen and oxygen atoms in total. The van der Waals surface area contributed by atoms with E-state index >= 15 is 0 Å². The molecule has 0 bridgehead atoms. The summed E-state index contributed by atoms with van der Waals surface area (Å²) >= 11 is 12.0. The maximum absolute atomic E-state index is 12.8. The topological polar surface area (TPSA) is 89.1 Å². The van der Waals surface area contributed by atoms with Crippen LogP contribution in [0.5, 0.6) is 0 Å². The zero-order valence-electron chi connectivity index (χ0n) is 12.0. The summed E-state index contributed by atoms with van der Waals surface area (Å²) in [6.07, 6.45) is 2.57. The molecule has 23 heavy (non-hydrogen) atoms. The van der Waals surface area contributed by atoms with Crippen molar-refractivity contribution in [3.8, 4) is 0 Å². The van der Waals surface area contributed by atoms with Gasteiger partial charge in [0.2, 0.25) is 11.7 Å². The standard InChI is InChI=1S/C15H13Cl2N5O/c16-10-4-1-7(6-11(10)17)5-9-12(8-2-3-8)19-15-20-14(18)21-22(15)13(9)23/h1,4,6,8H,2-3,5H2,(H3,18,19,20,21). The van der Waals surface area contributed by atoms with Crippen LogP contribution in [-0.4, -0.2) is 19.6 Å². The first-order chi connectivity index (χ1) is 11.0. The summed E-state index contributed by atoms with van der Waals surface area (Å²) in [6.45, 7) is 0. The molecule has 0 spiro atoms. The lowest BCUT2D eigenvalue weighted by Gasteiger charge is -2.09. The molecule has 3 N–H and O–H groups in total. The monoisotopic (exact) mass is 349 g/mol. The lowest BCUT2D eigenvalue weighted by Crippen LogP contribution is -2.23. The van der Waals surface area contributed by atoms with Gasteiger partial charge >= 0.3 is 0 Å². The van der Waals surface area contributed by atoms with Crippen LogP contribution in [0.25, 0.3) is 5.78 Å². The van der Waals surface area contributed by atoms with Crippen molar-refractivity contribution in [1.29, 1.82) is 0 Å². The van der Waals surface area contributed by atoms with Gasteiger partial charge in [-0.1, -0.05) is 29.3 Å². The van der Waals surface area contributed by atoms with Crippen molar-refractivity contribution in [1.82, 2.24) is 19.6 Å². The SMILES string of the molecule is Nc1nc2[nH]c(C3CC3)c(Cc3ccc(Cl)c(Cl)c3)c(=O)n2n1. The molecule has 2 heterocycles. The number of anilines is 1. The third-order valence-corrected chi connectivity index (χ3v) is 4.74. The molecule has 1 aliphatic carbocycles. The summed E-state index contributed by atoms with van der Waals surface area (Å²) in [7, 11) is 0. The Bertz CT molecular complexity index is 974. The van der Waals surface area contributed by atoms with E-state index in [4.69, 9.17) is 28.9 Å². The first-order valence-electron chi connectivity index (χ1n) is 7.24. The summed E-state index contributed by atoms with van der Waals surface area (Å²) in [5.74, 6) is 0.822. The Morgan fingerprint density at radius 3 is 2.78 bits per heavy atom. The van der Waals surface area contributed by atoms with Crippen molar-refractivity contribution in [2.24, 2.45) is 0 Å². The van der Waals surface area contributed by atoms with Crippen molar-refractivity contribution >= 4 is 34.9 Å². The van der Waals surface area contributed by atoms with E-state index in [9.17, 15) is 4.79 Å². The average Bonchev–Trinajstić information content (AvgIpc) is 3.28. The minimum atomic E-state index is -0.198. The molecule has 1 saturated carbocycles. The highest BCUT2D eigenvalue weighted by molar-refractivity contribution is 6.42. The fourth-order valence-electron chi connectivity index (χ4n) is 2.73. The molecule has 1 aliphatic rings. The van der Waals surface area contributed by atoms with Gasteiger partial charge in [0.25, 0.3) is 5.56 Å². The lowest BCUT2D eigenvalue weighted by atomic mass is 10.0. The van der Waals surface area contributed by atoms with E-state index in [0.29, 0.717) is 33.7 Å². The van der Waals surface area contributed by atoms with Crippen molar-refractivity contribution in [2.45, 2.75) is 25.2 Å². The molecule has 8 heteroatoms. The maximum atomic E-state index is 12.8. The Morgan fingerprint density at radius 2 is 2.09 bits per heavy atom. The number of hydrogen-bond acceptors (Lipinski definition) is 4. The number of benzene rings is 1. The maximum Gasteiger partial charge on any atom is 0.279 e. The highest BCUT2D eigenvalue weighted by atomic mass is 35.5. The summed E-state index contributed by atoms with van der Waals surface area (Å²) in [5.41, 5.74) is 7.91. The first-order valence-corrected chi connectivity index (χ1v) is 8.00. The van der Waals surface area contributed by atoms with E-state index in [0.717, 1.165) is 24.1 Å². The number of H-pyrrole nitrogens is 1. The molecule has 2 aromatic heterocycles. The Hall–Kier alpha value is -2.05. The Kier molecular flexibility index (Phi) is 3.32. The van der Waals surface area contributed by atoms with E-state index in [-0.39, 0.29) is 11.5 Å². The number of nitrogens with zero attached hydrogens (tertiary/aromatic N) is 3. The fourth-order valence-corrected chi connectivity index (χ4v) is 3.06. The number of aromatic nitrogens is 4. The Morgan fingerprint density at radius 1 is 1.30 bits per heavy atom. The third-order valence-electron chi connectivity index (χ3n) is 4.00. The summed E-state index contributed by atoms with van der Waals surface area (Å²) in [5, 5.41) is 4.92. The molecule has 0 radical (unpaired) electrons. The number of halogens is 2. The number of rotatable bonds is 3. The van der Waals surface area contributed by atoms with Gasteiger partial charge in [0, 0.05) is 17.7 Å². The summed E-state index contributed by atoms with van der Waals surface area (Å²) < 4.78 is 1.22. The number of hydrogen-bond donors (Lipinski definition) is 2. The quantitative estimate of drug-likeness (QED) is 0.760. The minimum absolute atomic E-state index is 0.0757. The van der Waals surface area contributed by atoms with Crippen molar-refractivity contribution in [2.75, 3.05) is 5.73 Å². The smallest absolute Gasteiger partial charge is 0.279 e. The second-order valence-corrected chi connectivity index (χ2v) is 6.54. The molecule has 0 aliphatic heterocycles. The van der Waals surface area contributed by atoms with Crippen LogP contribution in [-0.2, 0) is 6.42 Å². The fraction of sp³-hybridized carbons (Fsp3) is 0.267. The van der Waals surface area contributed by atoms with E-state index in [1.807, 2.05) is 6.07 Å². The van der Waals surface area contributed by atoms with E-state index in [1.54, 1.807) is 12.1 Å². The van der Waals surface area contributed by atoms with Gasteiger partial charge in [-0.2, -0.15) is 9.50 Å². The van der Waals surface area contributed by atoms with Gasteiger partial charge in [-0.05, 0) is 36.5 Å². The molecule has 1 aromatic carbocycles. The van der Waals surface area contributed by atoms with Gasteiger partial charge in [0.1, 0.15) is 0 Å². The van der Waals surface area contributed by atoms with Crippen molar-refractivity contribution in [3.63, 3.8) is 0 Å². The van der Waals surface area contributed by atoms with Crippen molar-refractivity contribution < 1.29 is 0 Å². The second kappa shape index (κ2) is 5.25. The van der Waals surface area contributed by atoms with Crippen molar-refractivity contribution in [3.05, 3.63) is 55.4 Å². The van der Waals surface area contributed by atoms with Crippen LogP contribution < -0.4 is 11.3 Å². The van der Waals surface area contributed by atoms with Gasteiger partial charge in [-0.3, -0.25) is 4.79 Å². The molecule has 0 unspecified atom stereocenters. The zero-order chi connectivity index (χ0) is 16.1. The number of aromatic amines is 1. The van der Waals surface area contributed by atoms with Gasteiger partial charge in [-0.15, -0.1) is 5.10 Å². The van der Waals surface area contributed by atoms with Gasteiger partial charge in [0.15, 0.2) is 0 Å².